The second-order valence-electron chi connectivity index (χ2n) is 5.35. The molecule has 0 aliphatic rings. The molecule has 0 unspecified atom stereocenters. The summed E-state index contributed by atoms with van der Waals surface area (Å²) in [6, 6.07) is 16.0. The molecule has 0 saturated carbocycles. The van der Waals surface area contributed by atoms with Gasteiger partial charge < -0.3 is 26.9 Å². The Morgan fingerprint density at radius 3 is 2.56 bits per heavy atom. The molecule has 3 rings (SSSR count). The maximum Gasteiger partial charge on any atom is 0.124 e. The molecule has 3 aromatic rings. The van der Waals surface area contributed by atoms with Gasteiger partial charge in [0.1, 0.15) is 23.9 Å². The Morgan fingerprint density at radius 1 is 1.04 bits per heavy atom. The van der Waals surface area contributed by atoms with Crippen LogP contribution in [0, 0.1) is 5.82 Å². The summed E-state index contributed by atoms with van der Waals surface area (Å²) in [4.78, 5) is 0. The first-order chi connectivity index (χ1) is 11.7. The second-order valence-corrected chi connectivity index (χ2v) is 6.27. The van der Waals surface area contributed by atoms with E-state index in [9.17, 15) is 4.39 Å². The fourth-order valence-electron chi connectivity index (χ4n) is 2.30. The lowest BCUT2D eigenvalue weighted by molar-refractivity contribution is -0.00000618. The van der Waals surface area contributed by atoms with Crippen LogP contribution in [0.15, 0.2) is 69.8 Å². The van der Waals surface area contributed by atoms with Crippen LogP contribution in [0.4, 0.5) is 4.39 Å². The summed E-state index contributed by atoms with van der Waals surface area (Å²) in [7, 11) is 0. The van der Waals surface area contributed by atoms with Gasteiger partial charge in [-0.3, -0.25) is 0 Å². The normalized spacial score (nSPS) is 10.3. The first-order valence-electron chi connectivity index (χ1n) is 7.59. The topological polar surface area (TPSA) is 34.4 Å². The molecule has 0 amide bonds. The van der Waals surface area contributed by atoms with Gasteiger partial charge in [0.05, 0.1) is 12.8 Å². The van der Waals surface area contributed by atoms with E-state index in [4.69, 9.17) is 9.15 Å². The zero-order chi connectivity index (χ0) is 16.8. The molecular weight excluding hydrogens is 409 g/mol. The third kappa shape index (κ3) is 5.88. The number of ether oxygens (including phenoxy) is 1. The van der Waals surface area contributed by atoms with Crippen molar-refractivity contribution in [2.24, 2.45) is 0 Å². The summed E-state index contributed by atoms with van der Waals surface area (Å²) in [6.07, 6.45) is 1.66. The van der Waals surface area contributed by atoms with E-state index in [-0.39, 0.29) is 18.2 Å². The molecule has 0 radical (unpaired) electrons. The van der Waals surface area contributed by atoms with E-state index in [0.717, 1.165) is 27.1 Å². The molecule has 0 aliphatic heterocycles. The minimum Gasteiger partial charge on any atom is -1.00 e. The van der Waals surface area contributed by atoms with Crippen LogP contribution in [0.1, 0.15) is 16.9 Å². The highest BCUT2D eigenvalue weighted by molar-refractivity contribution is 9.10. The van der Waals surface area contributed by atoms with Gasteiger partial charge in [0.15, 0.2) is 0 Å². The van der Waals surface area contributed by atoms with Crippen LogP contribution in [0.5, 0.6) is 5.75 Å². The largest absolute Gasteiger partial charge is 1.00 e. The molecule has 0 bridgehead atoms. The molecule has 0 fully saturated rings. The number of furan rings is 1. The Morgan fingerprint density at radius 2 is 1.84 bits per heavy atom. The van der Waals surface area contributed by atoms with Crippen LogP contribution < -0.4 is 22.5 Å². The highest BCUT2D eigenvalue weighted by Crippen LogP contribution is 2.24. The maximum atomic E-state index is 13.0. The van der Waals surface area contributed by atoms with Crippen molar-refractivity contribution >= 4 is 15.9 Å². The Hall–Kier alpha value is -1.82. The van der Waals surface area contributed by atoms with E-state index in [1.165, 1.54) is 12.1 Å². The van der Waals surface area contributed by atoms with Gasteiger partial charge in [0.2, 0.25) is 0 Å². The minimum absolute atomic E-state index is 0. The third-order valence-electron chi connectivity index (χ3n) is 3.52. The molecule has 1 aromatic heterocycles. The van der Waals surface area contributed by atoms with Crippen molar-refractivity contribution in [2.75, 3.05) is 0 Å². The van der Waals surface area contributed by atoms with Crippen LogP contribution in [0.3, 0.4) is 0 Å². The van der Waals surface area contributed by atoms with Crippen LogP contribution in [-0.4, -0.2) is 0 Å². The average Bonchev–Trinajstić information content (AvgIpc) is 3.09. The lowest BCUT2D eigenvalue weighted by atomic mass is 10.2. The second kappa shape index (κ2) is 9.61. The fourth-order valence-corrected chi connectivity index (χ4v) is 2.71. The first kappa shape index (κ1) is 19.5. The van der Waals surface area contributed by atoms with E-state index < -0.39 is 0 Å². The lowest BCUT2D eigenvalue weighted by Crippen LogP contribution is -3.00. The van der Waals surface area contributed by atoms with E-state index >= 15 is 0 Å². The number of hydrogen-bond donors (Lipinski definition) is 1. The molecule has 3 nitrogen and oxygen atoms in total. The number of benzene rings is 2. The maximum absolute atomic E-state index is 13.0. The molecule has 1 N–H and O–H groups in total. The van der Waals surface area contributed by atoms with Crippen molar-refractivity contribution in [3.63, 3.8) is 0 Å². The van der Waals surface area contributed by atoms with E-state index in [1.54, 1.807) is 18.4 Å². The summed E-state index contributed by atoms with van der Waals surface area (Å²) < 4.78 is 25.2. The van der Waals surface area contributed by atoms with Crippen molar-refractivity contribution in [1.29, 1.82) is 0 Å². The Balaban J connectivity index is 0.00000225. The summed E-state index contributed by atoms with van der Waals surface area (Å²) in [5.74, 6) is 1.44. The van der Waals surface area contributed by atoms with Gasteiger partial charge in [-0.2, -0.15) is 0 Å². The number of rotatable bonds is 7. The van der Waals surface area contributed by atoms with Gasteiger partial charge in [-0.25, -0.2) is 4.39 Å². The molecule has 0 saturated heterocycles. The quantitative estimate of drug-likeness (QED) is 0.629. The molecule has 132 valence electrons. The van der Waals surface area contributed by atoms with E-state index in [2.05, 4.69) is 21.2 Å². The smallest absolute Gasteiger partial charge is 0.124 e. The highest BCUT2D eigenvalue weighted by atomic mass is 79.9. The molecule has 2 aromatic carbocycles. The van der Waals surface area contributed by atoms with Crippen molar-refractivity contribution < 1.29 is 26.0 Å². The lowest BCUT2D eigenvalue weighted by Gasteiger charge is -2.13. The predicted octanol–water partition coefficient (Wildman–Crippen LogP) is 2.05. The molecule has 0 aliphatic carbocycles. The SMILES string of the molecule is Fc1ccc(COc2ccc(Br)cc2CNCc2ccco2)cc1.[Cl-]. The van der Waals surface area contributed by atoms with E-state index in [0.29, 0.717) is 19.7 Å². The molecule has 1 heterocycles. The van der Waals surface area contributed by atoms with Crippen LogP contribution in [0.25, 0.3) is 0 Å². The number of halogens is 3. The number of nitrogens with one attached hydrogen (secondary N) is 1. The van der Waals surface area contributed by atoms with Crippen molar-refractivity contribution in [1.82, 2.24) is 5.32 Å². The number of hydrogen-bond acceptors (Lipinski definition) is 3. The van der Waals surface area contributed by atoms with Gasteiger partial charge in [-0.05, 0) is 48.0 Å². The van der Waals surface area contributed by atoms with Crippen molar-refractivity contribution in [3.8, 4) is 5.75 Å². The highest BCUT2D eigenvalue weighted by Gasteiger charge is 2.06. The van der Waals surface area contributed by atoms with Crippen molar-refractivity contribution in [3.05, 3.63) is 88.0 Å². The van der Waals surface area contributed by atoms with Gasteiger partial charge in [0.25, 0.3) is 0 Å². The predicted molar refractivity (Wildman–Crippen MR) is 94.1 cm³/mol. The van der Waals surface area contributed by atoms with Gasteiger partial charge >= 0.3 is 0 Å². The molecule has 0 atom stereocenters. The first-order valence-corrected chi connectivity index (χ1v) is 8.39. The van der Waals surface area contributed by atoms with Crippen LogP contribution in [0.2, 0.25) is 0 Å². The summed E-state index contributed by atoms with van der Waals surface area (Å²) in [5, 5.41) is 3.33. The van der Waals surface area contributed by atoms with Crippen LogP contribution >= 0.6 is 15.9 Å². The fraction of sp³-hybridized carbons (Fsp3) is 0.158. The van der Waals surface area contributed by atoms with Gasteiger partial charge in [0, 0.05) is 16.6 Å². The van der Waals surface area contributed by atoms with E-state index in [1.807, 2.05) is 30.3 Å². The molecular formula is C19H17BrClFNO2-. The average molecular weight is 426 g/mol. The zero-order valence-electron chi connectivity index (χ0n) is 13.3. The summed E-state index contributed by atoms with van der Waals surface area (Å²) in [5.41, 5.74) is 1.96. The summed E-state index contributed by atoms with van der Waals surface area (Å²) >= 11 is 3.49. The Labute approximate surface area is 160 Å². The Kier molecular flexibility index (Phi) is 7.50. The molecule has 6 heteroatoms. The third-order valence-corrected chi connectivity index (χ3v) is 4.02. The van der Waals surface area contributed by atoms with Crippen molar-refractivity contribution in [2.45, 2.75) is 19.7 Å². The van der Waals surface area contributed by atoms with Gasteiger partial charge in [-0.1, -0.05) is 28.1 Å². The minimum atomic E-state index is -0.245. The van der Waals surface area contributed by atoms with Gasteiger partial charge in [-0.15, -0.1) is 0 Å². The standard InChI is InChI=1S/C19H17BrFNO2.ClH/c20-16-5-8-19(24-13-14-3-6-17(21)7-4-14)15(10-16)11-22-12-18-2-1-9-23-18;/h1-10,22H,11-13H2;1H/p-1. The zero-order valence-corrected chi connectivity index (χ0v) is 15.7. The molecule has 0 spiro atoms. The monoisotopic (exact) mass is 424 g/mol. The Bertz CT molecular complexity index is 779. The van der Waals surface area contributed by atoms with Crippen LogP contribution in [-0.2, 0) is 19.7 Å². The molecule has 25 heavy (non-hydrogen) atoms. The summed E-state index contributed by atoms with van der Waals surface area (Å²) in [6.45, 7) is 1.70.